The maximum absolute atomic E-state index is 8.78. The Labute approximate surface area is 91.2 Å². The third-order valence-electron chi connectivity index (χ3n) is 2.23. The summed E-state index contributed by atoms with van der Waals surface area (Å²) >= 11 is 0. The molecule has 0 heterocycles. The fourth-order valence-electron chi connectivity index (χ4n) is 1.32. The molecule has 1 unspecified atom stereocenters. The molecule has 1 aromatic rings. The zero-order valence-electron chi connectivity index (χ0n) is 9.25. The Bertz CT molecular complexity index is 388. The lowest BCUT2D eigenvalue weighted by Gasteiger charge is -2.14. The van der Waals surface area contributed by atoms with Gasteiger partial charge in [-0.3, -0.25) is 0 Å². The van der Waals surface area contributed by atoms with Crippen molar-refractivity contribution >= 4 is 0 Å². The minimum atomic E-state index is 0.245. The number of hydrogen-bond donors (Lipinski definition) is 1. The predicted octanol–water partition coefficient (Wildman–Crippen LogP) is 2.78. The highest BCUT2D eigenvalue weighted by Crippen LogP contribution is 2.13. The number of nitrogens with zero attached hydrogens (tertiary/aromatic N) is 1. The van der Waals surface area contributed by atoms with Crippen molar-refractivity contribution < 1.29 is 0 Å². The van der Waals surface area contributed by atoms with Gasteiger partial charge in [0, 0.05) is 12.6 Å². The van der Waals surface area contributed by atoms with Crippen molar-refractivity contribution in [3.63, 3.8) is 0 Å². The molecule has 0 aliphatic carbocycles. The van der Waals surface area contributed by atoms with E-state index in [1.54, 1.807) is 0 Å². The van der Waals surface area contributed by atoms with E-state index in [2.05, 4.69) is 24.9 Å². The van der Waals surface area contributed by atoms with E-state index in [9.17, 15) is 0 Å². The number of nitrogens with one attached hydrogen (secondary N) is 1. The number of nitriles is 1. The molecule has 0 spiro atoms. The van der Waals surface area contributed by atoms with Crippen molar-refractivity contribution in [1.82, 2.24) is 5.32 Å². The van der Waals surface area contributed by atoms with Crippen molar-refractivity contribution in [2.75, 3.05) is 6.54 Å². The average Bonchev–Trinajstić information content (AvgIpc) is 2.26. The molecule has 0 amide bonds. The third kappa shape index (κ3) is 3.57. The first-order chi connectivity index (χ1) is 7.13. The first kappa shape index (κ1) is 11.5. The van der Waals surface area contributed by atoms with Crippen LogP contribution in [0.1, 0.15) is 31.0 Å². The van der Waals surface area contributed by atoms with Gasteiger partial charge in [-0.1, -0.05) is 24.3 Å². The van der Waals surface area contributed by atoms with Crippen molar-refractivity contribution in [2.24, 2.45) is 0 Å². The molecule has 1 aromatic carbocycles. The van der Waals surface area contributed by atoms with Crippen LogP contribution in [0.4, 0.5) is 0 Å². The van der Waals surface area contributed by atoms with Gasteiger partial charge < -0.3 is 5.32 Å². The summed E-state index contributed by atoms with van der Waals surface area (Å²) in [7, 11) is 0. The highest BCUT2D eigenvalue weighted by Gasteiger charge is 2.04. The topological polar surface area (TPSA) is 35.8 Å². The van der Waals surface area contributed by atoms with Crippen LogP contribution in [0.2, 0.25) is 0 Å². The number of rotatable bonds is 4. The Morgan fingerprint density at radius 3 is 2.93 bits per heavy atom. The smallest absolute Gasteiger partial charge is 0.0991 e. The lowest BCUT2D eigenvalue weighted by atomic mass is 10.1. The predicted molar refractivity (Wildman–Crippen MR) is 62.4 cm³/mol. The Kier molecular flexibility index (Phi) is 4.08. The van der Waals surface area contributed by atoms with E-state index in [1.165, 1.54) is 0 Å². The van der Waals surface area contributed by atoms with Crippen molar-refractivity contribution in [2.45, 2.75) is 19.9 Å². The molecular weight excluding hydrogens is 184 g/mol. The van der Waals surface area contributed by atoms with E-state index in [-0.39, 0.29) is 6.04 Å². The molecule has 0 saturated heterocycles. The maximum Gasteiger partial charge on any atom is 0.0991 e. The second-order valence-electron chi connectivity index (χ2n) is 3.80. The highest BCUT2D eigenvalue weighted by atomic mass is 14.9. The normalized spacial score (nSPS) is 11.8. The van der Waals surface area contributed by atoms with Gasteiger partial charge in [-0.25, -0.2) is 0 Å². The van der Waals surface area contributed by atoms with Gasteiger partial charge in [0.25, 0.3) is 0 Å². The van der Waals surface area contributed by atoms with Gasteiger partial charge in [0.15, 0.2) is 0 Å². The summed E-state index contributed by atoms with van der Waals surface area (Å²) < 4.78 is 0. The molecule has 2 nitrogen and oxygen atoms in total. The molecule has 1 rings (SSSR count). The van der Waals surface area contributed by atoms with Crippen LogP contribution in [0.15, 0.2) is 36.4 Å². The van der Waals surface area contributed by atoms with Crippen LogP contribution < -0.4 is 5.32 Å². The molecule has 15 heavy (non-hydrogen) atoms. The first-order valence-electron chi connectivity index (χ1n) is 5.01. The van der Waals surface area contributed by atoms with E-state index >= 15 is 0 Å². The van der Waals surface area contributed by atoms with Crippen molar-refractivity contribution in [1.29, 1.82) is 5.26 Å². The van der Waals surface area contributed by atoms with Gasteiger partial charge >= 0.3 is 0 Å². The molecule has 0 aromatic heterocycles. The third-order valence-corrected chi connectivity index (χ3v) is 2.23. The summed E-state index contributed by atoms with van der Waals surface area (Å²) in [4.78, 5) is 0. The zero-order valence-corrected chi connectivity index (χ0v) is 9.25. The summed E-state index contributed by atoms with van der Waals surface area (Å²) in [5, 5.41) is 12.1. The molecule has 1 N–H and O–H groups in total. The molecule has 2 heteroatoms. The van der Waals surface area contributed by atoms with Gasteiger partial charge in [0.1, 0.15) is 0 Å². The monoisotopic (exact) mass is 200 g/mol. The van der Waals surface area contributed by atoms with Crippen LogP contribution in [0.25, 0.3) is 0 Å². The highest BCUT2D eigenvalue weighted by molar-refractivity contribution is 5.34. The summed E-state index contributed by atoms with van der Waals surface area (Å²) in [6, 6.07) is 10.0. The molecule has 0 fully saturated rings. The minimum Gasteiger partial charge on any atom is -0.306 e. The maximum atomic E-state index is 8.78. The fourth-order valence-corrected chi connectivity index (χ4v) is 1.32. The van der Waals surface area contributed by atoms with E-state index in [0.29, 0.717) is 5.56 Å². The van der Waals surface area contributed by atoms with Gasteiger partial charge in [-0.15, -0.1) is 0 Å². The van der Waals surface area contributed by atoms with Crippen LogP contribution in [0.5, 0.6) is 0 Å². The van der Waals surface area contributed by atoms with Gasteiger partial charge in [-0.05, 0) is 31.5 Å². The molecule has 0 aliphatic rings. The lowest BCUT2D eigenvalue weighted by Crippen LogP contribution is -2.20. The SMILES string of the molecule is C=C(C)CNC(C)c1cccc(C#N)c1. The Balaban J connectivity index is 2.69. The van der Waals surface area contributed by atoms with E-state index in [4.69, 9.17) is 5.26 Å². The van der Waals surface area contributed by atoms with Crippen LogP contribution in [-0.4, -0.2) is 6.54 Å². The molecule has 0 radical (unpaired) electrons. The van der Waals surface area contributed by atoms with Crippen LogP contribution >= 0.6 is 0 Å². The Hall–Kier alpha value is -1.59. The van der Waals surface area contributed by atoms with Crippen molar-refractivity contribution in [3.05, 3.63) is 47.5 Å². The van der Waals surface area contributed by atoms with Gasteiger partial charge in [0.05, 0.1) is 11.6 Å². The van der Waals surface area contributed by atoms with Crippen LogP contribution in [0.3, 0.4) is 0 Å². The number of benzene rings is 1. The fraction of sp³-hybridized carbons (Fsp3) is 0.308. The molecular formula is C13H16N2. The van der Waals surface area contributed by atoms with E-state index < -0.39 is 0 Å². The van der Waals surface area contributed by atoms with Gasteiger partial charge in [0.2, 0.25) is 0 Å². The quantitative estimate of drug-likeness (QED) is 0.758. The van der Waals surface area contributed by atoms with Crippen molar-refractivity contribution in [3.8, 4) is 6.07 Å². The van der Waals surface area contributed by atoms with E-state index in [0.717, 1.165) is 17.7 Å². The summed E-state index contributed by atoms with van der Waals surface area (Å²) in [5.41, 5.74) is 2.95. The van der Waals surface area contributed by atoms with Gasteiger partial charge in [-0.2, -0.15) is 5.26 Å². The minimum absolute atomic E-state index is 0.245. The Morgan fingerprint density at radius 2 is 2.33 bits per heavy atom. The molecule has 78 valence electrons. The average molecular weight is 200 g/mol. The summed E-state index contributed by atoms with van der Waals surface area (Å²) in [6.07, 6.45) is 0. The molecule has 1 atom stereocenters. The largest absolute Gasteiger partial charge is 0.306 e. The molecule has 0 bridgehead atoms. The lowest BCUT2D eigenvalue weighted by molar-refractivity contribution is 0.607. The first-order valence-corrected chi connectivity index (χ1v) is 5.01. The van der Waals surface area contributed by atoms with Crippen LogP contribution in [0, 0.1) is 11.3 Å². The second kappa shape index (κ2) is 5.33. The van der Waals surface area contributed by atoms with E-state index in [1.807, 2.05) is 31.2 Å². The summed E-state index contributed by atoms with van der Waals surface area (Å²) in [5.74, 6) is 0. The number of hydrogen-bond acceptors (Lipinski definition) is 2. The molecule has 0 aliphatic heterocycles. The Morgan fingerprint density at radius 1 is 1.60 bits per heavy atom. The zero-order chi connectivity index (χ0) is 11.3. The van der Waals surface area contributed by atoms with Crippen LogP contribution in [-0.2, 0) is 0 Å². The second-order valence-corrected chi connectivity index (χ2v) is 3.80. The standard InChI is InChI=1S/C13H16N2/c1-10(2)9-15-11(3)13-6-4-5-12(7-13)8-14/h4-7,11,15H,1,9H2,2-3H3. The molecule has 0 saturated carbocycles. The summed E-state index contributed by atoms with van der Waals surface area (Å²) in [6.45, 7) is 8.72.